The van der Waals surface area contributed by atoms with Gasteiger partial charge in [-0.25, -0.2) is 9.97 Å². The minimum Gasteiger partial charge on any atom is -0.481 e. The predicted octanol–water partition coefficient (Wildman–Crippen LogP) is 4.96. The molecule has 0 saturated carbocycles. The molecule has 1 N–H and O–H groups in total. The van der Waals surface area contributed by atoms with Crippen molar-refractivity contribution < 1.29 is 24.2 Å². The van der Waals surface area contributed by atoms with Gasteiger partial charge >= 0.3 is 5.97 Å². The summed E-state index contributed by atoms with van der Waals surface area (Å²) in [4.78, 5) is 34.1. The van der Waals surface area contributed by atoms with Gasteiger partial charge in [-0.05, 0) is 61.5 Å². The van der Waals surface area contributed by atoms with Crippen LogP contribution in [0.5, 0.6) is 17.4 Å². The first kappa shape index (κ1) is 23.0. The molecule has 1 heterocycles. The van der Waals surface area contributed by atoms with Crippen LogP contribution in [0.15, 0.2) is 79.0 Å². The molecule has 1 atom stereocenters. The van der Waals surface area contributed by atoms with Gasteiger partial charge in [-0.1, -0.05) is 29.8 Å². The van der Waals surface area contributed by atoms with Crippen LogP contribution in [0.4, 0.5) is 5.69 Å². The Morgan fingerprint density at radius 1 is 1.00 bits per heavy atom. The average molecular weight is 478 g/mol. The molecule has 1 unspecified atom stereocenters. The van der Waals surface area contributed by atoms with E-state index in [1.165, 1.54) is 11.1 Å². The van der Waals surface area contributed by atoms with E-state index < -0.39 is 24.5 Å². The topological polar surface area (TPSA) is 102 Å². The van der Waals surface area contributed by atoms with Gasteiger partial charge in [-0.15, -0.1) is 0 Å². The number of carboxylic acid groups (broad SMARTS) is 1. The summed E-state index contributed by atoms with van der Waals surface area (Å²) in [5, 5.41) is 9.80. The third-order valence-corrected chi connectivity index (χ3v) is 5.05. The van der Waals surface area contributed by atoms with Gasteiger partial charge in [0.1, 0.15) is 18.0 Å². The molecule has 0 aliphatic heterocycles. The van der Waals surface area contributed by atoms with Gasteiger partial charge in [0.25, 0.3) is 5.91 Å². The molecule has 9 heteroatoms. The first-order chi connectivity index (χ1) is 16.4. The Morgan fingerprint density at radius 2 is 1.71 bits per heavy atom. The number of hydrogen-bond acceptors (Lipinski definition) is 6. The number of ether oxygens (including phenoxy) is 2. The van der Waals surface area contributed by atoms with E-state index in [1.54, 1.807) is 79.7 Å². The molecule has 1 aromatic heterocycles. The molecular formula is C25H20ClN3O5. The number of carboxylic acids is 1. The van der Waals surface area contributed by atoms with E-state index in [2.05, 4.69) is 9.97 Å². The molecule has 3 aromatic carbocycles. The maximum absolute atomic E-state index is 12.9. The number of anilines is 1. The van der Waals surface area contributed by atoms with Gasteiger partial charge in [0.05, 0.1) is 17.2 Å². The summed E-state index contributed by atoms with van der Waals surface area (Å²) in [6.45, 7) is 1.10. The second kappa shape index (κ2) is 10.2. The third kappa shape index (κ3) is 5.60. The van der Waals surface area contributed by atoms with Gasteiger partial charge in [-0.3, -0.25) is 14.5 Å². The molecule has 172 valence electrons. The lowest BCUT2D eigenvalue weighted by Crippen LogP contribution is -2.43. The molecule has 34 heavy (non-hydrogen) atoms. The average Bonchev–Trinajstić information content (AvgIpc) is 2.84. The summed E-state index contributed by atoms with van der Waals surface area (Å²) >= 11 is 5.97. The molecule has 0 aliphatic carbocycles. The van der Waals surface area contributed by atoms with E-state index in [4.69, 9.17) is 21.1 Å². The number of carbonyl (C=O) groups excluding carboxylic acids is 1. The summed E-state index contributed by atoms with van der Waals surface area (Å²) in [7, 11) is 0. The van der Waals surface area contributed by atoms with Crippen molar-refractivity contribution in [1.82, 2.24) is 9.97 Å². The summed E-state index contributed by atoms with van der Waals surface area (Å²) in [6.07, 6.45) is 0.592. The summed E-state index contributed by atoms with van der Waals surface area (Å²) < 4.78 is 11.5. The van der Waals surface area contributed by atoms with Crippen LogP contribution in [0, 0.1) is 0 Å². The van der Waals surface area contributed by atoms with Crippen LogP contribution >= 0.6 is 11.6 Å². The van der Waals surface area contributed by atoms with Crippen molar-refractivity contribution in [2.75, 3.05) is 11.4 Å². The van der Waals surface area contributed by atoms with Gasteiger partial charge in [0, 0.05) is 10.7 Å². The number of benzene rings is 3. The smallest absolute Gasteiger partial charge is 0.323 e. The summed E-state index contributed by atoms with van der Waals surface area (Å²) in [5.41, 5.74) is 1.79. The fourth-order valence-electron chi connectivity index (χ4n) is 3.24. The highest BCUT2D eigenvalue weighted by molar-refractivity contribution is 6.31. The number of rotatable bonds is 8. The fourth-order valence-corrected chi connectivity index (χ4v) is 3.40. The number of aliphatic carboxylic acids is 1. The van der Waals surface area contributed by atoms with Crippen molar-refractivity contribution in [2.24, 2.45) is 0 Å². The van der Waals surface area contributed by atoms with Crippen molar-refractivity contribution >= 4 is 40.2 Å². The second-order valence-corrected chi connectivity index (χ2v) is 7.76. The first-order valence-electron chi connectivity index (χ1n) is 10.3. The van der Waals surface area contributed by atoms with E-state index in [-0.39, 0.29) is 0 Å². The number of nitrogens with zero attached hydrogens (tertiary/aromatic N) is 3. The molecule has 0 bridgehead atoms. The Kier molecular flexibility index (Phi) is 6.89. The SMILES string of the molecule is CC(Oc1ccc(Oc2cnc3cc(Cl)ccc3n2)cc1)C(=O)N(CC(=O)O)c1ccccc1. The van der Waals surface area contributed by atoms with Crippen LogP contribution in [-0.4, -0.2) is 39.6 Å². The van der Waals surface area contributed by atoms with Gasteiger partial charge < -0.3 is 14.6 Å². The van der Waals surface area contributed by atoms with E-state index in [0.717, 1.165) is 0 Å². The first-order valence-corrected chi connectivity index (χ1v) is 10.7. The maximum atomic E-state index is 12.9. The Hall–Kier alpha value is -4.17. The van der Waals surface area contributed by atoms with Gasteiger partial charge in [0.2, 0.25) is 5.88 Å². The number of halogens is 1. The Balaban J connectivity index is 1.42. The van der Waals surface area contributed by atoms with Crippen molar-refractivity contribution in [2.45, 2.75) is 13.0 Å². The number of carbonyl (C=O) groups is 2. The molecule has 0 aliphatic rings. The minimum atomic E-state index is -1.12. The van der Waals surface area contributed by atoms with Crippen LogP contribution < -0.4 is 14.4 Å². The molecule has 0 fully saturated rings. The van der Waals surface area contributed by atoms with E-state index in [1.807, 2.05) is 0 Å². The zero-order chi connectivity index (χ0) is 24.1. The lowest BCUT2D eigenvalue weighted by molar-refractivity contribution is -0.137. The van der Waals surface area contributed by atoms with E-state index >= 15 is 0 Å². The van der Waals surface area contributed by atoms with Crippen molar-refractivity contribution in [3.8, 4) is 17.4 Å². The van der Waals surface area contributed by atoms with Gasteiger partial charge in [-0.2, -0.15) is 0 Å². The van der Waals surface area contributed by atoms with E-state index in [0.29, 0.717) is 39.1 Å². The van der Waals surface area contributed by atoms with Gasteiger partial charge in [0.15, 0.2) is 6.10 Å². The van der Waals surface area contributed by atoms with Crippen molar-refractivity contribution in [3.05, 3.63) is 84.0 Å². The quantitative estimate of drug-likeness (QED) is 0.382. The molecule has 0 saturated heterocycles. The van der Waals surface area contributed by atoms with Crippen LogP contribution in [0.3, 0.4) is 0 Å². The number of para-hydroxylation sites is 1. The van der Waals surface area contributed by atoms with Crippen molar-refractivity contribution in [3.63, 3.8) is 0 Å². The second-order valence-electron chi connectivity index (χ2n) is 7.33. The summed E-state index contributed by atoms with van der Waals surface area (Å²) in [6, 6.07) is 20.4. The predicted molar refractivity (Wildman–Crippen MR) is 128 cm³/mol. The largest absolute Gasteiger partial charge is 0.481 e. The highest BCUT2D eigenvalue weighted by Crippen LogP contribution is 2.25. The maximum Gasteiger partial charge on any atom is 0.323 e. The number of aromatic nitrogens is 2. The highest BCUT2D eigenvalue weighted by atomic mass is 35.5. The Bertz CT molecular complexity index is 1320. The van der Waals surface area contributed by atoms with Crippen LogP contribution in [-0.2, 0) is 9.59 Å². The van der Waals surface area contributed by atoms with Crippen LogP contribution in [0.25, 0.3) is 11.0 Å². The van der Waals surface area contributed by atoms with Crippen LogP contribution in [0.2, 0.25) is 5.02 Å². The lowest BCUT2D eigenvalue weighted by atomic mass is 10.2. The summed E-state index contributed by atoms with van der Waals surface area (Å²) in [5.74, 6) is -0.341. The number of fused-ring (bicyclic) bond motifs is 1. The van der Waals surface area contributed by atoms with E-state index in [9.17, 15) is 14.7 Å². The molecule has 8 nitrogen and oxygen atoms in total. The number of hydrogen-bond donors (Lipinski definition) is 1. The minimum absolute atomic E-state index is 0.319. The Labute approximate surface area is 200 Å². The molecule has 4 rings (SSSR count). The molecule has 1 amide bonds. The molecule has 0 spiro atoms. The van der Waals surface area contributed by atoms with Crippen LogP contribution in [0.1, 0.15) is 6.92 Å². The monoisotopic (exact) mass is 477 g/mol. The molecule has 4 aromatic rings. The zero-order valence-electron chi connectivity index (χ0n) is 18.1. The Morgan fingerprint density at radius 3 is 2.41 bits per heavy atom. The van der Waals surface area contributed by atoms with Crippen molar-refractivity contribution in [1.29, 1.82) is 0 Å². The molecular weight excluding hydrogens is 458 g/mol. The third-order valence-electron chi connectivity index (χ3n) is 4.82. The fraction of sp³-hybridized carbons (Fsp3) is 0.120. The highest BCUT2D eigenvalue weighted by Gasteiger charge is 2.25. The number of amides is 1. The lowest BCUT2D eigenvalue weighted by Gasteiger charge is -2.24. The standard InChI is InChI=1S/C25H20ClN3O5/c1-16(25(32)29(15-24(30)31)18-5-3-2-4-6-18)33-19-8-10-20(11-9-19)34-23-14-27-22-13-17(26)7-12-21(22)28-23/h2-14,16H,15H2,1H3,(H,30,31). The normalized spacial score (nSPS) is 11.6. The zero-order valence-corrected chi connectivity index (χ0v) is 18.8. The molecule has 0 radical (unpaired) electrons.